The minimum Gasteiger partial charge on any atom is -0.387 e. The fourth-order valence-corrected chi connectivity index (χ4v) is 2.28. The lowest BCUT2D eigenvalue weighted by Crippen LogP contribution is -1.99. The van der Waals surface area contributed by atoms with Crippen molar-refractivity contribution < 1.29 is 0 Å². The minimum atomic E-state index is 0.950. The Balaban J connectivity index is 1.84. The first-order valence-corrected chi connectivity index (χ1v) is 6.54. The number of aromatic nitrogens is 2. The van der Waals surface area contributed by atoms with Crippen molar-refractivity contribution in [2.75, 3.05) is 12.4 Å². The van der Waals surface area contributed by atoms with Crippen LogP contribution in [0.4, 0.5) is 5.69 Å². The van der Waals surface area contributed by atoms with E-state index in [4.69, 9.17) is 0 Å². The second-order valence-corrected chi connectivity index (χ2v) is 4.62. The normalized spacial score (nSPS) is 10.8. The molecule has 0 unspecified atom stereocenters. The Morgan fingerprint density at radius 3 is 2.68 bits per heavy atom. The summed E-state index contributed by atoms with van der Waals surface area (Å²) in [7, 11) is 1.93. The number of hydrogen-bond acceptors (Lipinski definition) is 2. The third-order valence-corrected chi connectivity index (χ3v) is 3.37. The van der Waals surface area contributed by atoms with Crippen molar-refractivity contribution in [2.24, 2.45) is 0 Å². The summed E-state index contributed by atoms with van der Waals surface area (Å²) in [6.07, 6.45) is 6.00. The highest BCUT2D eigenvalue weighted by molar-refractivity contribution is 5.53. The van der Waals surface area contributed by atoms with Gasteiger partial charge in [-0.15, -0.1) is 0 Å². The molecule has 3 rings (SSSR count). The Morgan fingerprint density at radius 1 is 1.05 bits per heavy atom. The average molecular weight is 251 g/mol. The standard InChI is InChI=1S/C16H17N3/c1-17-14-8-9-15-11-18-16(19(15)12-14)10-7-13-5-3-2-4-6-13/h2-6,8-9,11-12,17H,7,10H2,1H3. The molecule has 0 bridgehead atoms. The van der Waals surface area contributed by atoms with Gasteiger partial charge in [0.05, 0.1) is 17.4 Å². The molecule has 0 radical (unpaired) electrons. The lowest BCUT2D eigenvalue weighted by Gasteiger charge is -2.05. The molecule has 0 amide bonds. The molecule has 3 heteroatoms. The first-order valence-electron chi connectivity index (χ1n) is 6.54. The zero-order valence-electron chi connectivity index (χ0n) is 11.0. The summed E-state index contributed by atoms with van der Waals surface area (Å²) in [4.78, 5) is 4.52. The third kappa shape index (κ3) is 2.45. The predicted octanol–water partition coefficient (Wildman–Crippen LogP) is 3.16. The summed E-state index contributed by atoms with van der Waals surface area (Å²) in [6.45, 7) is 0. The second kappa shape index (κ2) is 5.14. The molecular weight excluding hydrogens is 234 g/mol. The molecule has 3 nitrogen and oxygen atoms in total. The summed E-state index contributed by atoms with van der Waals surface area (Å²) in [5, 5.41) is 3.16. The Labute approximate surface area is 112 Å². The first-order chi connectivity index (χ1) is 9.36. The number of imidazole rings is 1. The van der Waals surface area contributed by atoms with E-state index in [1.54, 1.807) is 0 Å². The van der Waals surface area contributed by atoms with Crippen LogP contribution in [0, 0.1) is 0 Å². The van der Waals surface area contributed by atoms with Gasteiger partial charge in [-0.3, -0.25) is 0 Å². The molecule has 0 aliphatic heterocycles. The van der Waals surface area contributed by atoms with E-state index in [0.717, 1.165) is 29.9 Å². The maximum Gasteiger partial charge on any atom is 0.113 e. The van der Waals surface area contributed by atoms with Gasteiger partial charge in [-0.2, -0.15) is 0 Å². The van der Waals surface area contributed by atoms with Crippen molar-refractivity contribution in [3.05, 3.63) is 66.2 Å². The molecule has 0 saturated carbocycles. The van der Waals surface area contributed by atoms with Crippen LogP contribution in [-0.4, -0.2) is 16.4 Å². The van der Waals surface area contributed by atoms with Crippen LogP contribution in [0.1, 0.15) is 11.4 Å². The highest BCUT2D eigenvalue weighted by Gasteiger charge is 2.04. The Bertz CT molecular complexity index is 671. The monoisotopic (exact) mass is 251 g/mol. The number of benzene rings is 1. The zero-order chi connectivity index (χ0) is 13.1. The van der Waals surface area contributed by atoms with Crippen LogP contribution in [0.3, 0.4) is 0 Å². The zero-order valence-corrected chi connectivity index (χ0v) is 11.0. The number of aryl methyl sites for hydroxylation is 2. The van der Waals surface area contributed by atoms with E-state index >= 15 is 0 Å². The van der Waals surface area contributed by atoms with Gasteiger partial charge < -0.3 is 9.72 Å². The van der Waals surface area contributed by atoms with E-state index in [0.29, 0.717) is 0 Å². The number of pyridine rings is 1. The van der Waals surface area contributed by atoms with Crippen molar-refractivity contribution >= 4 is 11.2 Å². The van der Waals surface area contributed by atoms with Crippen molar-refractivity contribution in [2.45, 2.75) is 12.8 Å². The summed E-state index contributed by atoms with van der Waals surface area (Å²) in [5.74, 6) is 1.11. The average Bonchev–Trinajstić information content (AvgIpc) is 2.88. The molecule has 96 valence electrons. The number of rotatable bonds is 4. The van der Waals surface area contributed by atoms with Crippen molar-refractivity contribution in [3.63, 3.8) is 0 Å². The smallest absolute Gasteiger partial charge is 0.113 e. The molecule has 0 saturated heterocycles. The molecule has 1 N–H and O–H groups in total. The number of fused-ring (bicyclic) bond motifs is 1. The van der Waals surface area contributed by atoms with Gasteiger partial charge in [-0.05, 0) is 24.1 Å². The van der Waals surface area contributed by atoms with Crippen molar-refractivity contribution in [3.8, 4) is 0 Å². The number of nitrogens with zero attached hydrogens (tertiary/aromatic N) is 2. The molecule has 0 atom stereocenters. The molecule has 0 fully saturated rings. The number of hydrogen-bond donors (Lipinski definition) is 1. The van der Waals surface area contributed by atoms with E-state index in [2.05, 4.69) is 57.3 Å². The van der Waals surface area contributed by atoms with Crippen LogP contribution in [0.5, 0.6) is 0 Å². The van der Waals surface area contributed by atoms with Crippen molar-refractivity contribution in [1.29, 1.82) is 0 Å². The molecule has 0 aliphatic carbocycles. The molecule has 19 heavy (non-hydrogen) atoms. The third-order valence-electron chi connectivity index (χ3n) is 3.37. The lowest BCUT2D eigenvalue weighted by molar-refractivity contribution is 0.854. The van der Waals surface area contributed by atoms with Gasteiger partial charge >= 0.3 is 0 Å². The van der Waals surface area contributed by atoms with E-state index in [1.165, 1.54) is 5.56 Å². The highest BCUT2D eigenvalue weighted by atomic mass is 15.0. The van der Waals surface area contributed by atoms with E-state index in [9.17, 15) is 0 Å². The number of nitrogens with one attached hydrogen (secondary N) is 1. The molecule has 2 heterocycles. The van der Waals surface area contributed by atoms with E-state index in [1.807, 2.05) is 19.3 Å². The van der Waals surface area contributed by atoms with Crippen LogP contribution in [0.25, 0.3) is 5.52 Å². The van der Waals surface area contributed by atoms with Crippen molar-refractivity contribution in [1.82, 2.24) is 9.38 Å². The van der Waals surface area contributed by atoms with Crippen LogP contribution < -0.4 is 5.32 Å². The quantitative estimate of drug-likeness (QED) is 0.771. The van der Waals surface area contributed by atoms with Crippen LogP contribution >= 0.6 is 0 Å². The largest absolute Gasteiger partial charge is 0.387 e. The fraction of sp³-hybridized carbons (Fsp3) is 0.188. The van der Waals surface area contributed by atoms with Gasteiger partial charge in [-0.1, -0.05) is 30.3 Å². The summed E-state index contributed by atoms with van der Waals surface area (Å²) in [6, 6.07) is 14.7. The molecule has 0 spiro atoms. The maximum atomic E-state index is 4.52. The van der Waals surface area contributed by atoms with Gasteiger partial charge in [0.25, 0.3) is 0 Å². The highest BCUT2D eigenvalue weighted by Crippen LogP contribution is 2.14. The molecule has 2 aromatic heterocycles. The van der Waals surface area contributed by atoms with E-state index < -0.39 is 0 Å². The predicted molar refractivity (Wildman–Crippen MR) is 78.6 cm³/mol. The summed E-state index contributed by atoms with van der Waals surface area (Å²) in [5.41, 5.74) is 3.59. The van der Waals surface area contributed by atoms with E-state index in [-0.39, 0.29) is 0 Å². The van der Waals surface area contributed by atoms with Gasteiger partial charge in [0, 0.05) is 19.7 Å². The topological polar surface area (TPSA) is 29.3 Å². The molecule has 0 aliphatic rings. The van der Waals surface area contributed by atoms with Crippen LogP contribution in [0.15, 0.2) is 54.9 Å². The van der Waals surface area contributed by atoms with Crippen LogP contribution in [0.2, 0.25) is 0 Å². The SMILES string of the molecule is CNc1ccc2cnc(CCc3ccccc3)n2c1. The summed E-state index contributed by atoms with van der Waals surface area (Å²) < 4.78 is 2.16. The first kappa shape index (κ1) is 11.8. The Morgan fingerprint density at radius 2 is 1.89 bits per heavy atom. The van der Waals surface area contributed by atoms with Crippen LogP contribution in [-0.2, 0) is 12.8 Å². The molecular formula is C16H17N3. The van der Waals surface area contributed by atoms with Gasteiger partial charge in [0.2, 0.25) is 0 Å². The van der Waals surface area contributed by atoms with Gasteiger partial charge in [0.1, 0.15) is 5.82 Å². The minimum absolute atomic E-state index is 0.950. The second-order valence-electron chi connectivity index (χ2n) is 4.62. The lowest BCUT2D eigenvalue weighted by atomic mass is 10.1. The van der Waals surface area contributed by atoms with Gasteiger partial charge in [-0.25, -0.2) is 4.98 Å². The maximum absolute atomic E-state index is 4.52. The Hall–Kier alpha value is -2.29. The Kier molecular flexibility index (Phi) is 3.19. The fourth-order valence-electron chi connectivity index (χ4n) is 2.28. The number of anilines is 1. The summed E-state index contributed by atoms with van der Waals surface area (Å²) >= 11 is 0. The van der Waals surface area contributed by atoms with Gasteiger partial charge in [0.15, 0.2) is 0 Å². The molecule has 3 aromatic rings. The molecule has 1 aromatic carbocycles.